The van der Waals surface area contributed by atoms with Crippen molar-refractivity contribution in [3.05, 3.63) is 0 Å². The molecule has 0 aliphatic carbocycles. The van der Waals surface area contributed by atoms with E-state index in [0.717, 1.165) is 5.92 Å². The van der Waals surface area contributed by atoms with Crippen LogP contribution in [0.15, 0.2) is 0 Å². The second kappa shape index (κ2) is 3.02. The summed E-state index contributed by atoms with van der Waals surface area (Å²) in [4.78, 5) is 0. The summed E-state index contributed by atoms with van der Waals surface area (Å²) in [6.45, 7) is 14.2. The van der Waals surface area contributed by atoms with Crippen molar-refractivity contribution < 1.29 is 0 Å². The quantitative estimate of drug-likeness (QED) is 0.588. The van der Waals surface area contributed by atoms with E-state index in [0.29, 0.717) is 10.8 Å². The summed E-state index contributed by atoms with van der Waals surface area (Å²) >= 11 is 0. The van der Waals surface area contributed by atoms with Crippen LogP contribution >= 0.6 is 0 Å². The molecule has 0 aromatic carbocycles. The first-order valence-electron chi connectivity index (χ1n) is 5.05. The van der Waals surface area contributed by atoms with Crippen molar-refractivity contribution in [1.82, 2.24) is 5.32 Å². The highest BCUT2D eigenvalue weighted by Crippen LogP contribution is 2.43. The molecule has 1 unspecified atom stereocenters. The average Bonchev–Trinajstić information content (AvgIpc) is 1.83. The fraction of sp³-hybridized carbons (Fsp3) is 1.00. The van der Waals surface area contributed by atoms with Crippen LogP contribution in [0.1, 0.15) is 41.0 Å². The van der Waals surface area contributed by atoms with Crippen LogP contribution in [0.5, 0.6) is 0 Å². The molecule has 1 heterocycles. The zero-order valence-corrected chi connectivity index (χ0v) is 9.20. The van der Waals surface area contributed by atoms with Gasteiger partial charge in [-0.15, -0.1) is 0 Å². The molecule has 0 bridgehead atoms. The van der Waals surface area contributed by atoms with E-state index in [9.17, 15) is 0 Å². The van der Waals surface area contributed by atoms with Crippen molar-refractivity contribution in [3.63, 3.8) is 0 Å². The van der Waals surface area contributed by atoms with Crippen LogP contribution < -0.4 is 5.32 Å². The number of nitrogens with one attached hydrogen (secondary N) is 1. The lowest BCUT2D eigenvalue weighted by atomic mass is 9.63. The van der Waals surface area contributed by atoms with Crippen molar-refractivity contribution in [2.45, 2.75) is 41.0 Å². The molecule has 1 aliphatic rings. The Morgan fingerprint density at radius 1 is 1.25 bits per heavy atom. The van der Waals surface area contributed by atoms with Gasteiger partial charge in [-0.2, -0.15) is 0 Å². The summed E-state index contributed by atoms with van der Waals surface area (Å²) in [5.41, 5.74) is 0.933. The maximum atomic E-state index is 3.48. The van der Waals surface area contributed by atoms with Gasteiger partial charge in [-0.1, -0.05) is 34.6 Å². The number of hydrogen-bond donors (Lipinski definition) is 1. The summed E-state index contributed by atoms with van der Waals surface area (Å²) in [5, 5.41) is 3.48. The minimum absolute atomic E-state index is 0.464. The summed E-state index contributed by atoms with van der Waals surface area (Å²) < 4.78 is 0. The van der Waals surface area contributed by atoms with Gasteiger partial charge >= 0.3 is 0 Å². The molecule has 0 spiro atoms. The summed E-state index contributed by atoms with van der Waals surface area (Å²) in [7, 11) is 0. The highest BCUT2D eigenvalue weighted by molar-refractivity contribution is 4.91. The third-order valence-electron chi connectivity index (χ3n) is 3.18. The molecule has 0 amide bonds. The van der Waals surface area contributed by atoms with E-state index in [1.54, 1.807) is 0 Å². The second-order valence-corrected chi connectivity index (χ2v) is 5.87. The van der Waals surface area contributed by atoms with Crippen LogP contribution in [0, 0.1) is 16.7 Å². The van der Waals surface area contributed by atoms with E-state index >= 15 is 0 Å². The normalized spacial score (nSPS) is 30.2. The van der Waals surface area contributed by atoms with Gasteiger partial charge < -0.3 is 5.32 Å². The van der Waals surface area contributed by atoms with Crippen molar-refractivity contribution >= 4 is 0 Å². The van der Waals surface area contributed by atoms with Gasteiger partial charge in [0.05, 0.1) is 0 Å². The molecule has 1 fully saturated rings. The lowest BCUT2D eigenvalue weighted by molar-refractivity contribution is 0.0538. The van der Waals surface area contributed by atoms with Crippen LogP contribution in [0.25, 0.3) is 0 Å². The molecule has 12 heavy (non-hydrogen) atoms. The zero-order chi connectivity index (χ0) is 9.41. The Morgan fingerprint density at radius 2 is 1.83 bits per heavy atom. The average molecular weight is 169 g/mol. The van der Waals surface area contributed by atoms with E-state index in [1.165, 1.54) is 19.5 Å². The lowest BCUT2D eigenvalue weighted by Gasteiger charge is -2.46. The third kappa shape index (κ3) is 2.01. The van der Waals surface area contributed by atoms with Gasteiger partial charge in [-0.25, -0.2) is 0 Å². The minimum Gasteiger partial charge on any atom is -0.316 e. The Balaban J connectivity index is 2.73. The largest absolute Gasteiger partial charge is 0.316 e. The van der Waals surface area contributed by atoms with E-state index in [4.69, 9.17) is 0 Å². The molecule has 1 nitrogen and oxygen atoms in total. The summed E-state index contributed by atoms with van der Waals surface area (Å²) in [6, 6.07) is 0. The van der Waals surface area contributed by atoms with Crippen LogP contribution in [-0.2, 0) is 0 Å². The van der Waals surface area contributed by atoms with E-state index in [2.05, 4.69) is 39.9 Å². The predicted octanol–water partition coefficient (Wildman–Crippen LogP) is 2.67. The van der Waals surface area contributed by atoms with Crippen LogP contribution in [0.3, 0.4) is 0 Å². The topological polar surface area (TPSA) is 12.0 Å². The first kappa shape index (κ1) is 10.0. The minimum atomic E-state index is 0.464. The van der Waals surface area contributed by atoms with Gasteiger partial charge in [-0.05, 0) is 29.7 Å². The highest BCUT2D eigenvalue weighted by atomic mass is 14.9. The SMILES string of the molecule is CC(C)(C)C1CCNCC1(C)C. The Kier molecular flexibility index (Phi) is 2.53. The van der Waals surface area contributed by atoms with Gasteiger partial charge in [0.1, 0.15) is 0 Å². The molecule has 0 saturated carbocycles. The standard InChI is InChI=1S/C11H23N/c1-10(2,3)9-6-7-12-8-11(9,4)5/h9,12H,6-8H2,1-5H3. The predicted molar refractivity (Wildman–Crippen MR) is 54.2 cm³/mol. The number of rotatable bonds is 0. The lowest BCUT2D eigenvalue weighted by Crippen LogP contribution is -2.47. The van der Waals surface area contributed by atoms with Gasteiger partial charge in [0, 0.05) is 6.54 Å². The van der Waals surface area contributed by atoms with E-state index < -0.39 is 0 Å². The summed E-state index contributed by atoms with van der Waals surface area (Å²) in [5.74, 6) is 0.853. The van der Waals surface area contributed by atoms with E-state index in [1.807, 2.05) is 0 Å². The molecule has 1 atom stereocenters. The smallest absolute Gasteiger partial charge is 0.000538 e. The van der Waals surface area contributed by atoms with Gasteiger partial charge in [0.15, 0.2) is 0 Å². The molecule has 1 N–H and O–H groups in total. The maximum Gasteiger partial charge on any atom is 0.000538 e. The monoisotopic (exact) mass is 169 g/mol. The van der Waals surface area contributed by atoms with Crippen LogP contribution in [0.4, 0.5) is 0 Å². The fourth-order valence-electron chi connectivity index (χ4n) is 2.78. The van der Waals surface area contributed by atoms with Crippen molar-refractivity contribution in [2.75, 3.05) is 13.1 Å². The third-order valence-corrected chi connectivity index (χ3v) is 3.18. The van der Waals surface area contributed by atoms with Crippen LogP contribution in [-0.4, -0.2) is 13.1 Å². The number of piperidine rings is 1. The molecule has 72 valence electrons. The molecule has 0 aromatic rings. The van der Waals surface area contributed by atoms with Crippen molar-refractivity contribution in [3.8, 4) is 0 Å². The van der Waals surface area contributed by atoms with Gasteiger partial charge in [0.25, 0.3) is 0 Å². The molecule has 1 saturated heterocycles. The number of hydrogen-bond acceptors (Lipinski definition) is 1. The molecular formula is C11H23N. The second-order valence-electron chi connectivity index (χ2n) is 5.87. The molecular weight excluding hydrogens is 146 g/mol. The van der Waals surface area contributed by atoms with Crippen LogP contribution in [0.2, 0.25) is 0 Å². The first-order valence-corrected chi connectivity index (χ1v) is 5.05. The Hall–Kier alpha value is -0.0400. The Labute approximate surface area is 76.9 Å². The van der Waals surface area contributed by atoms with Crippen molar-refractivity contribution in [1.29, 1.82) is 0 Å². The molecule has 1 heteroatoms. The first-order chi connectivity index (χ1) is 5.34. The Bertz CT molecular complexity index is 153. The Morgan fingerprint density at radius 3 is 2.17 bits per heavy atom. The fourth-order valence-corrected chi connectivity index (χ4v) is 2.78. The summed E-state index contributed by atoms with van der Waals surface area (Å²) in [6.07, 6.45) is 1.33. The maximum absolute atomic E-state index is 3.48. The van der Waals surface area contributed by atoms with Gasteiger partial charge in [-0.3, -0.25) is 0 Å². The van der Waals surface area contributed by atoms with E-state index in [-0.39, 0.29) is 0 Å². The molecule has 0 aromatic heterocycles. The molecule has 0 radical (unpaired) electrons. The molecule has 1 rings (SSSR count). The molecule has 1 aliphatic heterocycles. The van der Waals surface area contributed by atoms with Gasteiger partial charge in [0.2, 0.25) is 0 Å². The highest BCUT2D eigenvalue weighted by Gasteiger charge is 2.39. The zero-order valence-electron chi connectivity index (χ0n) is 9.20. The van der Waals surface area contributed by atoms with Crippen molar-refractivity contribution in [2.24, 2.45) is 16.7 Å².